The second kappa shape index (κ2) is 3.76. The van der Waals surface area contributed by atoms with Gasteiger partial charge in [0.1, 0.15) is 5.82 Å². The van der Waals surface area contributed by atoms with Crippen LogP contribution in [-0.4, -0.2) is 22.9 Å². The molecule has 0 radical (unpaired) electrons. The molecule has 0 bridgehead atoms. The summed E-state index contributed by atoms with van der Waals surface area (Å²) >= 11 is 0. The Morgan fingerprint density at radius 1 is 1.53 bits per heavy atom. The molecule has 1 saturated heterocycles. The van der Waals surface area contributed by atoms with Crippen molar-refractivity contribution in [1.29, 1.82) is 0 Å². The molecule has 2 heterocycles. The molecule has 0 aliphatic carbocycles. The van der Waals surface area contributed by atoms with Crippen molar-refractivity contribution >= 4 is 11.5 Å². The van der Waals surface area contributed by atoms with E-state index in [4.69, 9.17) is 5.73 Å². The number of hydrogen-bond donors (Lipinski definition) is 1. The van der Waals surface area contributed by atoms with E-state index in [1.54, 1.807) is 0 Å². The Balaban J connectivity index is 2.23. The molecule has 1 atom stereocenters. The zero-order valence-corrected chi connectivity index (χ0v) is 9.82. The molecule has 0 spiro atoms. The first-order valence-electron chi connectivity index (χ1n) is 5.67. The van der Waals surface area contributed by atoms with Gasteiger partial charge in [0, 0.05) is 20.1 Å². The Morgan fingerprint density at radius 3 is 2.73 bits per heavy atom. The van der Waals surface area contributed by atoms with Gasteiger partial charge in [-0.05, 0) is 19.3 Å². The summed E-state index contributed by atoms with van der Waals surface area (Å²) in [6.45, 7) is 6.46. The molecule has 0 amide bonds. The van der Waals surface area contributed by atoms with Crippen LogP contribution < -0.4 is 10.6 Å². The summed E-state index contributed by atoms with van der Waals surface area (Å²) in [5.74, 6) is 1.92. The normalized spacial score (nSPS) is 21.3. The highest BCUT2D eigenvalue weighted by Crippen LogP contribution is 2.31. The fraction of sp³-hybridized carbons (Fsp3) is 0.727. The number of aryl methyl sites for hydroxylation is 2. The maximum absolute atomic E-state index is 6.05. The van der Waals surface area contributed by atoms with Crippen LogP contribution in [0, 0.1) is 12.8 Å². The van der Waals surface area contributed by atoms with E-state index in [1.807, 2.05) is 18.7 Å². The summed E-state index contributed by atoms with van der Waals surface area (Å²) in [6, 6.07) is 0. The minimum atomic E-state index is 0.819. The lowest BCUT2D eigenvalue weighted by Gasteiger charge is -2.19. The third kappa shape index (κ3) is 1.68. The summed E-state index contributed by atoms with van der Waals surface area (Å²) in [5, 5.41) is 4.36. The second-order valence-corrected chi connectivity index (χ2v) is 4.46. The fourth-order valence-electron chi connectivity index (χ4n) is 2.40. The molecule has 1 unspecified atom stereocenters. The predicted octanol–water partition coefficient (Wildman–Crippen LogP) is 1.55. The SMILES string of the molecule is CCC1CCN(c2c(N)c(C)nn2C)C1. The van der Waals surface area contributed by atoms with Crippen molar-refractivity contribution < 1.29 is 0 Å². The van der Waals surface area contributed by atoms with Crippen LogP contribution in [0.4, 0.5) is 11.5 Å². The first-order valence-corrected chi connectivity index (χ1v) is 5.67. The molecule has 0 saturated carbocycles. The van der Waals surface area contributed by atoms with Crippen LogP contribution in [-0.2, 0) is 7.05 Å². The van der Waals surface area contributed by atoms with Crippen LogP contribution in [0.1, 0.15) is 25.5 Å². The summed E-state index contributed by atoms with van der Waals surface area (Å²) in [4.78, 5) is 2.36. The third-order valence-corrected chi connectivity index (χ3v) is 3.40. The maximum atomic E-state index is 6.05. The maximum Gasteiger partial charge on any atom is 0.150 e. The lowest BCUT2D eigenvalue weighted by molar-refractivity contribution is 0.567. The first kappa shape index (κ1) is 10.3. The van der Waals surface area contributed by atoms with Crippen molar-refractivity contribution in [3.05, 3.63) is 5.69 Å². The van der Waals surface area contributed by atoms with Crippen LogP contribution in [0.5, 0.6) is 0 Å². The summed E-state index contributed by atoms with van der Waals surface area (Å²) in [5.41, 5.74) is 7.82. The lowest BCUT2D eigenvalue weighted by Crippen LogP contribution is -2.23. The van der Waals surface area contributed by atoms with Gasteiger partial charge in [0.25, 0.3) is 0 Å². The van der Waals surface area contributed by atoms with Crippen molar-refractivity contribution in [3.63, 3.8) is 0 Å². The summed E-state index contributed by atoms with van der Waals surface area (Å²) in [6.07, 6.45) is 2.54. The smallest absolute Gasteiger partial charge is 0.150 e. The average Bonchev–Trinajstić information content (AvgIpc) is 2.74. The minimum absolute atomic E-state index is 0.819. The molecule has 1 aliphatic heterocycles. The van der Waals surface area contributed by atoms with Crippen LogP contribution >= 0.6 is 0 Å². The van der Waals surface area contributed by atoms with Crippen LogP contribution in [0.2, 0.25) is 0 Å². The molecule has 0 aromatic carbocycles. The first-order chi connectivity index (χ1) is 7.13. The Bertz CT molecular complexity index is 356. The van der Waals surface area contributed by atoms with Crippen molar-refractivity contribution in [2.75, 3.05) is 23.7 Å². The molecule has 4 nitrogen and oxygen atoms in total. The molecule has 1 aromatic heterocycles. The van der Waals surface area contributed by atoms with Gasteiger partial charge in [0.2, 0.25) is 0 Å². The summed E-state index contributed by atoms with van der Waals surface area (Å²) in [7, 11) is 1.97. The van der Waals surface area contributed by atoms with E-state index < -0.39 is 0 Å². The van der Waals surface area contributed by atoms with Gasteiger partial charge in [-0.25, -0.2) is 0 Å². The van der Waals surface area contributed by atoms with Crippen LogP contribution in [0.25, 0.3) is 0 Å². The topological polar surface area (TPSA) is 47.1 Å². The molecule has 84 valence electrons. The van der Waals surface area contributed by atoms with E-state index in [0.29, 0.717) is 0 Å². The number of anilines is 2. The fourth-order valence-corrected chi connectivity index (χ4v) is 2.40. The molecule has 2 rings (SSSR count). The predicted molar refractivity (Wildman–Crippen MR) is 63.0 cm³/mol. The molecule has 2 N–H and O–H groups in total. The van der Waals surface area contributed by atoms with E-state index in [-0.39, 0.29) is 0 Å². The van der Waals surface area contributed by atoms with Gasteiger partial charge in [-0.3, -0.25) is 4.68 Å². The number of nitrogen functional groups attached to an aromatic ring is 1. The van der Waals surface area contributed by atoms with E-state index >= 15 is 0 Å². The van der Waals surface area contributed by atoms with Crippen molar-refractivity contribution in [1.82, 2.24) is 9.78 Å². The molecular formula is C11H20N4. The highest BCUT2D eigenvalue weighted by molar-refractivity contribution is 5.66. The van der Waals surface area contributed by atoms with Gasteiger partial charge < -0.3 is 10.6 Å². The Hall–Kier alpha value is -1.19. The Kier molecular flexibility index (Phi) is 2.59. The van der Waals surface area contributed by atoms with Gasteiger partial charge in [-0.15, -0.1) is 0 Å². The standard InChI is InChI=1S/C11H20N4/c1-4-9-5-6-15(7-9)11-10(12)8(2)13-14(11)3/h9H,4-7,12H2,1-3H3. The van der Waals surface area contributed by atoms with Gasteiger partial charge in [0.15, 0.2) is 0 Å². The van der Waals surface area contributed by atoms with Crippen molar-refractivity contribution in [2.45, 2.75) is 26.7 Å². The Labute approximate surface area is 91.1 Å². The van der Waals surface area contributed by atoms with E-state index in [2.05, 4.69) is 16.9 Å². The van der Waals surface area contributed by atoms with Crippen molar-refractivity contribution in [3.8, 4) is 0 Å². The monoisotopic (exact) mass is 208 g/mol. The molecular weight excluding hydrogens is 188 g/mol. The highest BCUT2D eigenvalue weighted by atomic mass is 15.4. The van der Waals surface area contributed by atoms with Gasteiger partial charge in [-0.2, -0.15) is 5.10 Å². The summed E-state index contributed by atoms with van der Waals surface area (Å²) < 4.78 is 1.91. The molecule has 4 heteroatoms. The van der Waals surface area contributed by atoms with Crippen LogP contribution in [0.3, 0.4) is 0 Å². The number of rotatable bonds is 2. The molecule has 1 aromatic rings. The van der Waals surface area contributed by atoms with Crippen molar-refractivity contribution in [2.24, 2.45) is 13.0 Å². The zero-order valence-electron chi connectivity index (χ0n) is 9.82. The largest absolute Gasteiger partial charge is 0.394 e. The quantitative estimate of drug-likeness (QED) is 0.802. The van der Waals surface area contributed by atoms with E-state index in [1.165, 1.54) is 12.8 Å². The van der Waals surface area contributed by atoms with Crippen LogP contribution in [0.15, 0.2) is 0 Å². The number of nitrogens with two attached hydrogens (primary N) is 1. The van der Waals surface area contributed by atoms with E-state index in [0.717, 1.165) is 36.2 Å². The third-order valence-electron chi connectivity index (χ3n) is 3.40. The number of nitrogens with zero attached hydrogens (tertiary/aromatic N) is 3. The number of hydrogen-bond acceptors (Lipinski definition) is 3. The highest BCUT2D eigenvalue weighted by Gasteiger charge is 2.25. The molecule has 1 aliphatic rings. The van der Waals surface area contributed by atoms with Gasteiger partial charge >= 0.3 is 0 Å². The van der Waals surface area contributed by atoms with E-state index in [9.17, 15) is 0 Å². The lowest BCUT2D eigenvalue weighted by atomic mass is 10.1. The van der Waals surface area contributed by atoms with Gasteiger partial charge in [0.05, 0.1) is 11.4 Å². The Morgan fingerprint density at radius 2 is 2.27 bits per heavy atom. The molecule has 1 fully saturated rings. The number of aromatic nitrogens is 2. The second-order valence-electron chi connectivity index (χ2n) is 4.46. The molecule has 15 heavy (non-hydrogen) atoms. The minimum Gasteiger partial charge on any atom is -0.394 e. The van der Waals surface area contributed by atoms with Gasteiger partial charge in [-0.1, -0.05) is 13.3 Å². The zero-order chi connectivity index (χ0) is 11.0. The average molecular weight is 208 g/mol.